The van der Waals surface area contributed by atoms with Gasteiger partial charge in [-0.15, -0.1) is 10.2 Å². The van der Waals surface area contributed by atoms with Gasteiger partial charge < -0.3 is 16.0 Å². The predicted octanol–water partition coefficient (Wildman–Crippen LogP) is 6.04. The summed E-state index contributed by atoms with van der Waals surface area (Å²) in [5, 5.41) is 11.0. The molecule has 39 heavy (non-hydrogen) atoms. The van der Waals surface area contributed by atoms with Crippen LogP contribution in [0.4, 0.5) is 10.2 Å². The summed E-state index contributed by atoms with van der Waals surface area (Å²) >= 11 is 0. The lowest BCUT2D eigenvalue weighted by Gasteiger charge is -2.31. The van der Waals surface area contributed by atoms with Crippen molar-refractivity contribution < 1.29 is 14.0 Å². The van der Waals surface area contributed by atoms with Gasteiger partial charge in [0.1, 0.15) is 11.5 Å². The Hall–Kier alpha value is -3.65. The number of anilines is 1. The maximum atomic E-state index is 14.7. The second kappa shape index (κ2) is 12.5. The Morgan fingerprint density at radius 3 is 2.31 bits per heavy atom. The van der Waals surface area contributed by atoms with Crippen LogP contribution >= 0.6 is 0 Å². The lowest BCUT2D eigenvalue weighted by atomic mass is 9.94. The first kappa shape index (κ1) is 28.4. The molecule has 3 N–H and O–H groups in total. The van der Waals surface area contributed by atoms with Crippen LogP contribution < -0.4 is 11.1 Å². The van der Waals surface area contributed by atoms with Gasteiger partial charge in [0, 0.05) is 48.7 Å². The Balaban J connectivity index is 0.000000247. The largest absolute Gasteiger partial charge is 0.343 e. The van der Waals surface area contributed by atoms with Crippen molar-refractivity contribution in [2.75, 3.05) is 12.4 Å². The van der Waals surface area contributed by atoms with Crippen LogP contribution in [-0.4, -0.2) is 40.0 Å². The minimum Gasteiger partial charge on any atom is -0.343 e. The first-order valence-electron chi connectivity index (χ1n) is 13.8. The molecule has 2 aromatic carbocycles. The highest BCUT2D eigenvalue weighted by molar-refractivity contribution is 5.90. The van der Waals surface area contributed by atoms with E-state index < -0.39 is 5.54 Å². The molecule has 5 rings (SSSR count). The second-order valence-corrected chi connectivity index (χ2v) is 10.5. The van der Waals surface area contributed by atoms with Gasteiger partial charge in [-0.1, -0.05) is 68.7 Å². The van der Waals surface area contributed by atoms with Crippen molar-refractivity contribution in [3.8, 4) is 22.4 Å². The van der Waals surface area contributed by atoms with Gasteiger partial charge >= 0.3 is 0 Å². The zero-order valence-corrected chi connectivity index (χ0v) is 23.0. The molecular formula is C31H38FN5O2. The van der Waals surface area contributed by atoms with Gasteiger partial charge in [0.25, 0.3) is 0 Å². The molecule has 0 aliphatic heterocycles. The average molecular weight is 532 g/mol. The lowest BCUT2D eigenvalue weighted by Crippen LogP contribution is -2.37. The second-order valence-electron chi connectivity index (χ2n) is 10.5. The smallest absolute Gasteiger partial charge is 0.222 e. The van der Waals surface area contributed by atoms with Crippen molar-refractivity contribution in [2.45, 2.75) is 76.8 Å². The maximum absolute atomic E-state index is 14.7. The molecular weight excluding hydrogens is 493 g/mol. The lowest BCUT2D eigenvalue weighted by molar-refractivity contribution is -0.132. The Labute approximate surface area is 230 Å². The van der Waals surface area contributed by atoms with E-state index in [1.165, 1.54) is 45.1 Å². The van der Waals surface area contributed by atoms with Crippen molar-refractivity contribution >= 4 is 17.6 Å². The first-order valence-corrected chi connectivity index (χ1v) is 13.8. The van der Waals surface area contributed by atoms with E-state index in [-0.39, 0.29) is 11.7 Å². The summed E-state index contributed by atoms with van der Waals surface area (Å²) < 4.78 is 14.7. The summed E-state index contributed by atoms with van der Waals surface area (Å²) in [5.74, 6) is 0.0753. The van der Waals surface area contributed by atoms with E-state index in [2.05, 4.69) is 15.5 Å². The Morgan fingerprint density at radius 1 is 1.03 bits per heavy atom. The molecule has 1 heterocycles. The number of halogens is 1. The summed E-state index contributed by atoms with van der Waals surface area (Å²) in [6.07, 6.45) is 8.60. The first-order chi connectivity index (χ1) is 18.7. The fourth-order valence-electron chi connectivity index (χ4n) is 5.08. The molecule has 0 bridgehead atoms. The van der Waals surface area contributed by atoms with E-state index >= 15 is 0 Å². The number of aromatic nitrogens is 2. The summed E-state index contributed by atoms with van der Waals surface area (Å²) in [6, 6.07) is 16.9. The van der Waals surface area contributed by atoms with Crippen LogP contribution in [0, 0.1) is 5.82 Å². The third kappa shape index (κ3) is 7.06. The SMILES string of the molecule is CC(=O)Nc1cc(-c2ccccc2)c(-c2ccc(C3(N)CC3)c(F)c2)nn1.CCC(=O)N(C)C1CCCCC1. The fraction of sp³-hybridized carbons (Fsp3) is 0.419. The number of hydrogen-bond acceptors (Lipinski definition) is 5. The molecule has 0 saturated heterocycles. The molecule has 2 fully saturated rings. The molecule has 3 aromatic rings. The van der Waals surface area contributed by atoms with Crippen molar-refractivity contribution in [3.63, 3.8) is 0 Å². The standard InChI is InChI=1S/C21H19FN4O.C10H19NO/c1-13(27)24-19-12-16(14-5-3-2-4-6-14)20(26-25-19)15-7-8-17(18(22)11-15)21(23)9-10-21;1-3-10(12)11(2)9-7-5-4-6-8-9/h2-8,11-12H,9-10,23H2,1H3,(H,24,25,27);9H,3-8H2,1-2H3. The van der Waals surface area contributed by atoms with Gasteiger partial charge in [0.2, 0.25) is 11.8 Å². The molecule has 0 spiro atoms. The van der Waals surface area contributed by atoms with E-state index in [4.69, 9.17) is 5.73 Å². The molecule has 2 aliphatic carbocycles. The van der Waals surface area contributed by atoms with Crippen LogP contribution in [0.1, 0.15) is 70.8 Å². The van der Waals surface area contributed by atoms with Gasteiger partial charge in [0.05, 0.1) is 0 Å². The number of nitrogens with one attached hydrogen (secondary N) is 1. The summed E-state index contributed by atoms with van der Waals surface area (Å²) in [7, 11) is 1.95. The molecule has 206 valence electrons. The molecule has 8 heteroatoms. The zero-order chi connectivity index (χ0) is 28.0. The van der Waals surface area contributed by atoms with E-state index in [0.29, 0.717) is 41.0 Å². The number of hydrogen-bond donors (Lipinski definition) is 2. The van der Waals surface area contributed by atoms with Gasteiger partial charge in [-0.25, -0.2) is 4.39 Å². The average Bonchev–Trinajstić information content (AvgIpc) is 3.70. The van der Waals surface area contributed by atoms with Crippen molar-refractivity contribution in [2.24, 2.45) is 5.73 Å². The van der Waals surface area contributed by atoms with E-state index in [9.17, 15) is 14.0 Å². The number of nitrogens with two attached hydrogens (primary N) is 1. The molecule has 0 unspecified atom stereocenters. The third-order valence-electron chi connectivity index (χ3n) is 7.57. The van der Waals surface area contributed by atoms with Crippen LogP contribution in [0.2, 0.25) is 0 Å². The zero-order valence-electron chi connectivity index (χ0n) is 23.0. The monoisotopic (exact) mass is 531 g/mol. The van der Waals surface area contributed by atoms with Crippen molar-refractivity contribution in [3.05, 3.63) is 66.0 Å². The number of benzene rings is 2. The fourth-order valence-corrected chi connectivity index (χ4v) is 5.08. The highest BCUT2D eigenvalue weighted by atomic mass is 19.1. The molecule has 2 amide bonds. The Bertz CT molecular complexity index is 1300. The topological polar surface area (TPSA) is 101 Å². The van der Waals surface area contributed by atoms with Crippen LogP contribution in [0.25, 0.3) is 22.4 Å². The third-order valence-corrected chi connectivity index (χ3v) is 7.57. The number of amides is 2. The van der Waals surface area contributed by atoms with Crippen molar-refractivity contribution in [1.82, 2.24) is 15.1 Å². The quantitative estimate of drug-likeness (QED) is 0.404. The Morgan fingerprint density at radius 2 is 1.72 bits per heavy atom. The number of carbonyl (C=O) groups excluding carboxylic acids is 2. The number of rotatable bonds is 6. The van der Waals surface area contributed by atoms with Gasteiger partial charge in [0.15, 0.2) is 5.82 Å². The molecule has 0 atom stereocenters. The van der Waals surface area contributed by atoms with Crippen LogP contribution in [0.5, 0.6) is 0 Å². The number of nitrogens with zero attached hydrogens (tertiary/aromatic N) is 3. The van der Waals surface area contributed by atoms with E-state index in [0.717, 1.165) is 24.0 Å². The highest BCUT2D eigenvalue weighted by Gasteiger charge is 2.42. The minimum atomic E-state index is -0.536. The Kier molecular flexibility index (Phi) is 9.07. The van der Waals surface area contributed by atoms with Crippen LogP contribution in [0.15, 0.2) is 54.6 Å². The van der Waals surface area contributed by atoms with Gasteiger partial charge in [-0.2, -0.15) is 0 Å². The molecule has 2 saturated carbocycles. The number of carbonyl (C=O) groups is 2. The summed E-state index contributed by atoms with van der Waals surface area (Å²) in [4.78, 5) is 24.6. The minimum absolute atomic E-state index is 0.232. The van der Waals surface area contributed by atoms with E-state index in [1.807, 2.05) is 55.3 Å². The molecule has 1 aromatic heterocycles. The van der Waals surface area contributed by atoms with E-state index in [1.54, 1.807) is 12.1 Å². The predicted molar refractivity (Wildman–Crippen MR) is 152 cm³/mol. The normalized spacial score (nSPS) is 16.0. The molecule has 0 radical (unpaired) electrons. The molecule has 7 nitrogen and oxygen atoms in total. The van der Waals surface area contributed by atoms with Gasteiger partial charge in [-0.05, 0) is 43.4 Å². The summed E-state index contributed by atoms with van der Waals surface area (Å²) in [6.45, 7) is 3.34. The van der Waals surface area contributed by atoms with Crippen molar-refractivity contribution in [1.29, 1.82) is 0 Å². The van der Waals surface area contributed by atoms with Crippen LogP contribution in [0.3, 0.4) is 0 Å². The highest BCUT2D eigenvalue weighted by Crippen LogP contribution is 2.44. The maximum Gasteiger partial charge on any atom is 0.222 e. The molecule has 2 aliphatic rings. The summed E-state index contributed by atoms with van der Waals surface area (Å²) in [5.41, 5.74) is 8.95. The van der Waals surface area contributed by atoms with Gasteiger partial charge in [-0.3, -0.25) is 9.59 Å². The van der Waals surface area contributed by atoms with Crippen LogP contribution in [-0.2, 0) is 15.1 Å².